The van der Waals surface area contributed by atoms with E-state index in [0.717, 1.165) is 69.9 Å². The minimum absolute atomic E-state index is 0.0670. The zero-order valence-corrected chi connectivity index (χ0v) is 14.6. The molecule has 3 aliphatic rings. The topological polar surface area (TPSA) is 76.6 Å². The van der Waals surface area contributed by atoms with Gasteiger partial charge in [0.1, 0.15) is 5.01 Å². The van der Waals surface area contributed by atoms with Gasteiger partial charge in [-0.15, -0.1) is 10.2 Å². The van der Waals surface area contributed by atoms with Gasteiger partial charge in [0.15, 0.2) is 0 Å². The Kier molecular flexibility index (Phi) is 4.96. The summed E-state index contributed by atoms with van der Waals surface area (Å²) in [5.74, 6) is 0.410. The first-order valence-corrected chi connectivity index (χ1v) is 9.73. The maximum absolute atomic E-state index is 12.6. The molecular weight excluding hydrogens is 328 g/mol. The third-order valence-corrected chi connectivity index (χ3v) is 6.18. The van der Waals surface area contributed by atoms with Gasteiger partial charge >= 0.3 is 6.03 Å². The fourth-order valence-electron chi connectivity index (χ4n) is 3.90. The van der Waals surface area contributed by atoms with Crippen molar-refractivity contribution in [1.82, 2.24) is 15.1 Å². The van der Waals surface area contributed by atoms with Crippen LogP contribution in [0.15, 0.2) is 0 Å². The van der Waals surface area contributed by atoms with Crippen LogP contribution in [-0.2, 0) is 9.47 Å². The van der Waals surface area contributed by atoms with Gasteiger partial charge in [0.05, 0.1) is 12.1 Å². The lowest BCUT2D eigenvalue weighted by molar-refractivity contribution is 0.0543. The highest BCUT2D eigenvalue weighted by Crippen LogP contribution is 2.32. The van der Waals surface area contributed by atoms with Crippen LogP contribution < -0.4 is 5.32 Å². The van der Waals surface area contributed by atoms with E-state index in [1.807, 2.05) is 4.90 Å². The molecule has 0 saturated carbocycles. The number of hydrogen-bond donors (Lipinski definition) is 1. The largest absolute Gasteiger partial charge is 0.381 e. The Morgan fingerprint density at radius 2 is 2.00 bits per heavy atom. The van der Waals surface area contributed by atoms with Crippen molar-refractivity contribution in [2.24, 2.45) is 0 Å². The number of carbonyl (C=O) groups is 1. The highest BCUT2D eigenvalue weighted by Gasteiger charge is 2.37. The lowest BCUT2D eigenvalue weighted by atomic mass is 10.0. The standard InChI is InChI=1S/C16H24N4O3S/c21-16(20-7-1-3-12(20)13-4-2-8-23-13)17-15-19-18-14(24-15)11-5-9-22-10-6-11/h11-13H,1-10H2,(H,17,19,21). The Labute approximate surface area is 145 Å². The molecule has 3 aliphatic heterocycles. The summed E-state index contributed by atoms with van der Waals surface area (Å²) in [5, 5.41) is 13.0. The fourth-order valence-corrected chi connectivity index (χ4v) is 4.80. The Bertz CT molecular complexity index is 569. The lowest BCUT2D eigenvalue weighted by Crippen LogP contribution is -2.44. The van der Waals surface area contributed by atoms with E-state index in [1.54, 1.807) is 0 Å². The first-order chi connectivity index (χ1) is 11.8. The van der Waals surface area contributed by atoms with Crippen LogP contribution in [0.5, 0.6) is 0 Å². The molecule has 7 nitrogen and oxygen atoms in total. The van der Waals surface area contributed by atoms with E-state index in [9.17, 15) is 4.79 Å². The van der Waals surface area contributed by atoms with Gasteiger partial charge in [-0.2, -0.15) is 0 Å². The number of hydrogen-bond acceptors (Lipinski definition) is 6. The van der Waals surface area contributed by atoms with Gasteiger partial charge in [0, 0.05) is 32.3 Å². The zero-order valence-electron chi connectivity index (χ0n) is 13.8. The summed E-state index contributed by atoms with van der Waals surface area (Å²) >= 11 is 1.49. The number of aromatic nitrogens is 2. The molecule has 2 unspecified atom stereocenters. The van der Waals surface area contributed by atoms with Crippen molar-refractivity contribution >= 4 is 22.5 Å². The third-order valence-electron chi connectivity index (χ3n) is 5.18. The first-order valence-electron chi connectivity index (χ1n) is 8.91. The number of likely N-dealkylation sites (tertiary alicyclic amines) is 1. The third kappa shape index (κ3) is 3.41. The van der Waals surface area contributed by atoms with Crippen molar-refractivity contribution < 1.29 is 14.3 Å². The number of nitrogens with one attached hydrogen (secondary N) is 1. The van der Waals surface area contributed by atoms with Crippen LogP contribution >= 0.6 is 11.3 Å². The van der Waals surface area contributed by atoms with Gasteiger partial charge in [-0.1, -0.05) is 11.3 Å². The quantitative estimate of drug-likeness (QED) is 0.905. The van der Waals surface area contributed by atoms with E-state index < -0.39 is 0 Å². The van der Waals surface area contributed by atoms with Crippen molar-refractivity contribution in [2.45, 2.75) is 56.6 Å². The molecule has 1 aromatic heterocycles. The number of carbonyl (C=O) groups excluding carboxylic acids is 1. The molecule has 3 fully saturated rings. The predicted molar refractivity (Wildman–Crippen MR) is 90.4 cm³/mol. The molecule has 0 bridgehead atoms. The molecule has 1 N–H and O–H groups in total. The summed E-state index contributed by atoms with van der Waals surface area (Å²) in [5.41, 5.74) is 0. The molecule has 0 aromatic carbocycles. The van der Waals surface area contributed by atoms with Crippen LogP contribution in [0.3, 0.4) is 0 Å². The number of urea groups is 1. The first kappa shape index (κ1) is 16.2. The number of amides is 2. The highest BCUT2D eigenvalue weighted by molar-refractivity contribution is 7.15. The monoisotopic (exact) mass is 352 g/mol. The number of rotatable bonds is 3. The van der Waals surface area contributed by atoms with Crippen LogP contribution in [0.1, 0.15) is 49.5 Å². The molecule has 2 amide bonds. The van der Waals surface area contributed by atoms with Gasteiger partial charge in [0.2, 0.25) is 5.13 Å². The van der Waals surface area contributed by atoms with E-state index in [-0.39, 0.29) is 18.2 Å². The average Bonchev–Trinajstić information content (AvgIpc) is 3.36. The summed E-state index contributed by atoms with van der Waals surface area (Å²) in [6.45, 7) is 3.18. The molecule has 4 rings (SSSR count). The Morgan fingerprint density at radius 3 is 2.79 bits per heavy atom. The molecule has 0 aliphatic carbocycles. The van der Waals surface area contributed by atoms with Crippen molar-refractivity contribution in [3.63, 3.8) is 0 Å². The van der Waals surface area contributed by atoms with Crippen molar-refractivity contribution in [3.8, 4) is 0 Å². The predicted octanol–water partition coefficient (Wildman–Crippen LogP) is 2.61. The summed E-state index contributed by atoms with van der Waals surface area (Å²) < 4.78 is 11.2. The Hall–Kier alpha value is -1.25. The summed E-state index contributed by atoms with van der Waals surface area (Å²) in [4.78, 5) is 14.6. The van der Waals surface area contributed by atoms with E-state index in [0.29, 0.717) is 11.0 Å². The Balaban J connectivity index is 1.37. The van der Waals surface area contributed by atoms with Gasteiger partial charge in [-0.3, -0.25) is 5.32 Å². The molecule has 132 valence electrons. The lowest BCUT2D eigenvalue weighted by Gasteiger charge is -2.28. The molecule has 0 radical (unpaired) electrons. The SMILES string of the molecule is O=C(Nc1nnc(C2CCOCC2)s1)N1CCCC1C1CCCO1. The highest BCUT2D eigenvalue weighted by atomic mass is 32.1. The van der Waals surface area contributed by atoms with Crippen molar-refractivity contribution in [1.29, 1.82) is 0 Å². The molecule has 24 heavy (non-hydrogen) atoms. The van der Waals surface area contributed by atoms with E-state index in [4.69, 9.17) is 9.47 Å². The normalized spacial score (nSPS) is 28.4. The van der Waals surface area contributed by atoms with Crippen LogP contribution in [0, 0.1) is 0 Å². The van der Waals surface area contributed by atoms with E-state index >= 15 is 0 Å². The second kappa shape index (κ2) is 7.33. The molecule has 4 heterocycles. The smallest absolute Gasteiger partial charge is 0.324 e. The molecule has 1 aromatic rings. The minimum Gasteiger partial charge on any atom is -0.381 e. The Morgan fingerprint density at radius 1 is 1.12 bits per heavy atom. The molecule has 2 atom stereocenters. The summed E-state index contributed by atoms with van der Waals surface area (Å²) in [6.07, 6.45) is 6.39. The van der Waals surface area contributed by atoms with Crippen LogP contribution in [0.4, 0.5) is 9.93 Å². The van der Waals surface area contributed by atoms with Crippen molar-refractivity contribution in [2.75, 3.05) is 31.7 Å². The van der Waals surface area contributed by atoms with Crippen molar-refractivity contribution in [3.05, 3.63) is 5.01 Å². The van der Waals surface area contributed by atoms with Gasteiger partial charge < -0.3 is 14.4 Å². The summed E-state index contributed by atoms with van der Waals surface area (Å²) in [7, 11) is 0. The van der Waals surface area contributed by atoms with E-state index in [2.05, 4.69) is 15.5 Å². The molecule has 0 spiro atoms. The fraction of sp³-hybridized carbons (Fsp3) is 0.812. The molecule has 8 heteroatoms. The maximum Gasteiger partial charge on any atom is 0.324 e. The number of ether oxygens (including phenoxy) is 2. The second-order valence-electron chi connectivity index (χ2n) is 6.72. The zero-order chi connectivity index (χ0) is 16.4. The van der Waals surface area contributed by atoms with Gasteiger partial charge in [-0.05, 0) is 38.5 Å². The van der Waals surface area contributed by atoms with Crippen LogP contribution in [0.25, 0.3) is 0 Å². The van der Waals surface area contributed by atoms with E-state index in [1.165, 1.54) is 11.3 Å². The molecule has 3 saturated heterocycles. The minimum atomic E-state index is -0.0670. The maximum atomic E-state index is 12.6. The summed E-state index contributed by atoms with van der Waals surface area (Å²) in [6, 6.07) is 0.137. The molecular formula is C16H24N4O3S. The van der Waals surface area contributed by atoms with Gasteiger partial charge in [-0.25, -0.2) is 4.79 Å². The average molecular weight is 352 g/mol. The van der Waals surface area contributed by atoms with Crippen LogP contribution in [-0.4, -0.2) is 59.6 Å². The second-order valence-corrected chi connectivity index (χ2v) is 7.73. The number of anilines is 1. The number of nitrogens with zero attached hydrogens (tertiary/aromatic N) is 3. The van der Waals surface area contributed by atoms with Crippen LogP contribution in [0.2, 0.25) is 0 Å². The van der Waals surface area contributed by atoms with Gasteiger partial charge in [0.25, 0.3) is 0 Å².